The lowest BCUT2D eigenvalue weighted by atomic mass is 9.84. The number of carbonyl (C=O) groups is 5. The second-order valence-electron chi connectivity index (χ2n) is 21.4. The van der Waals surface area contributed by atoms with Crippen LogP contribution in [0.4, 0.5) is 27.5 Å². The fraction of sp³-hybridized carbons (Fsp3) is 0.491. The standard InChI is InChI=1S/C31H41BrN4O5.C26H33BrN4O3/c1-18-7-10-20(15-26(18)41-6)34-28(37)19-8-11-22(12-9-19)36-16-24-23(29(36)38)13-21(14-25(24)32)33-27(31(2,3)4)17-35(5)30(39)40;1-16-4-7-18(14-24(16)34-3)30-25(32)17-5-8-20(9-6-17)31-15-22-21(26(31)33)12-19(13-23(22)27)29-11-10-28-2/h7,10,13-15,19,22,27,33H,8-9,11-12,16-17H2,1-6H3,(H,34,37)(H,39,40);4,7,12-14,17,20,28-29H,5-6,8-11,15H2,1-3H3,(H,30,32). The Morgan fingerprint density at radius 2 is 1.12 bits per heavy atom. The van der Waals surface area contributed by atoms with Crippen LogP contribution < -0.4 is 36.1 Å². The number of aryl methyl sites for hydroxylation is 2. The van der Waals surface area contributed by atoms with Crippen molar-refractivity contribution in [2.45, 2.75) is 117 Å². The van der Waals surface area contributed by atoms with Crippen molar-refractivity contribution in [2.75, 3.05) is 69.2 Å². The van der Waals surface area contributed by atoms with Crippen molar-refractivity contribution in [1.29, 1.82) is 0 Å². The molecule has 404 valence electrons. The van der Waals surface area contributed by atoms with Crippen LogP contribution in [0.3, 0.4) is 0 Å². The van der Waals surface area contributed by atoms with E-state index >= 15 is 0 Å². The summed E-state index contributed by atoms with van der Waals surface area (Å²) in [7, 11) is 6.72. The van der Waals surface area contributed by atoms with E-state index in [0.717, 1.165) is 135 Å². The number of benzene rings is 4. The molecule has 0 radical (unpaired) electrons. The Labute approximate surface area is 458 Å². The number of rotatable bonds is 16. The molecule has 8 rings (SSSR count). The van der Waals surface area contributed by atoms with Gasteiger partial charge >= 0.3 is 6.09 Å². The van der Waals surface area contributed by atoms with Gasteiger partial charge in [0.1, 0.15) is 11.5 Å². The maximum Gasteiger partial charge on any atom is 0.407 e. The second-order valence-corrected chi connectivity index (χ2v) is 23.2. The molecule has 0 spiro atoms. The van der Waals surface area contributed by atoms with Gasteiger partial charge in [0.15, 0.2) is 0 Å². The Kier molecular flexibility index (Phi) is 18.9. The quantitative estimate of drug-likeness (QED) is 0.0585. The predicted molar refractivity (Wildman–Crippen MR) is 302 cm³/mol. The Bertz CT molecular complexity index is 2750. The molecule has 0 saturated heterocycles. The third kappa shape index (κ3) is 13.8. The molecule has 2 aliphatic heterocycles. The van der Waals surface area contributed by atoms with Crippen molar-refractivity contribution in [3.8, 4) is 11.5 Å². The maximum atomic E-state index is 13.6. The summed E-state index contributed by atoms with van der Waals surface area (Å²) >= 11 is 7.35. The zero-order valence-electron chi connectivity index (χ0n) is 44.8. The highest BCUT2D eigenvalue weighted by Gasteiger charge is 2.40. The molecule has 2 aliphatic carbocycles. The number of hydrogen-bond acceptors (Lipinski definition) is 10. The molecule has 1 atom stereocenters. The Balaban J connectivity index is 0.000000222. The van der Waals surface area contributed by atoms with E-state index < -0.39 is 6.09 Å². The van der Waals surface area contributed by atoms with E-state index in [-0.39, 0.29) is 59.0 Å². The van der Waals surface area contributed by atoms with Crippen molar-refractivity contribution in [3.63, 3.8) is 0 Å². The lowest BCUT2D eigenvalue weighted by Gasteiger charge is -2.34. The van der Waals surface area contributed by atoms with E-state index in [1.807, 2.05) is 91.4 Å². The highest BCUT2D eigenvalue weighted by Crippen LogP contribution is 2.40. The van der Waals surface area contributed by atoms with Crippen LogP contribution in [0.2, 0.25) is 0 Å². The molecule has 75 heavy (non-hydrogen) atoms. The number of nitrogens with zero attached hydrogens (tertiary/aromatic N) is 3. The molecular weight excluding hydrogens is 1080 g/mol. The Hall–Kier alpha value is -5.85. The maximum absolute atomic E-state index is 13.6. The van der Waals surface area contributed by atoms with E-state index in [4.69, 9.17) is 9.47 Å². The van der Waals surface area contributed by atoms with Gasteiger partial charge < -0.3 is 55.9 Å². The minimum Gasteiger partial charge on any atom is -0.496 e. The molecule has 6 N–H and O–H groups in total. The average molecular weight is 1160 g/mol. The summed E-state index contributed by atoms with van der Waals surface area (Å²) in [6.07, 6.45) is 5.21. The monoisotopic (exact) mass is 1160 g/mol. The van der Waals surface area contributed by atoms with Gasteiger partial charge in [-0.3, -0.25) is 19.2 Å². The van der Waals surface area contributed by atoms with Crippen LogP contribution in [0, 0.1) is 31.1 Å². The third-order valence-corrected chi connectivity index (χ3v) is 16.7. The zero-order chi connectivity index (χ0) is 54.3. The molecule has 5 amide bonds. The van der Waals surface area contributed by atoms with Crippen LogP contribution in [0.1, 0.15) is 115 Å². The number of fused-ring (bicyclic) bond motifs is 2. The van der Waals surface area contributed by atoms with Crippen LogP contribution in [0.5, 0.6) is 11.5 Å². The lowest BCUT2D eigenvalue weighted by molar-refractivity contribution is -0.121. The van der Waals surface area contributed by atoms with Gasteiger partial charge in [0.05, 0.1) is 14.2 Å². The molecule has 16 nitrogen and oxygen atoms in total. The van der Waals surface area contributed by atoms with Gasteiger partial charge in [-0.1, -0.05) is 64.8 Å². The molecule has 2 saturated carbocycles. The summed E-state index contributed by atoms with van der Waals surface area (Å²) in [5, 5.41) is 25.4. The molecule has 2 heterocycles. The van der Waals surface area contributed by atoms with Crippen LogP contribution in [0.25, 0.3) is 0 Å². The molecule has 4 aliphatic rings. The van der Waals surface area contributed by atoms with E-state index in [9.17, 15) is 29.1 Å². The van der Waals surface area contributed by atoms with Crippen molar-refractivity contribution in [3.05, 3.63) is 103 Å². The van der Waals surface area contributed by atoms with Gasteiger partial charge in [0.2, 0.25) is 11.8 Å². The molecule has 4 aromatic carbocycles. The number of likely N-dealkylation sites (N-methyl/N-ethyl adjacent to an activating group) is 2. The number of methoxy groups -OCH3 is 2. The molecule has 2 fully saturated rings. The Morgan fingerprint density at radius 1 is 0.680 bits per heavy atom. The van der Waals surface area contributed by atoms with Crippen LogP contribution in [0.15, 0.2) is 69.6 Å². The van der Waals surface area contributed by atoms with Gasteiger partial charge in [-0.15, -0.1) is 0 Å². The van der Waals surface area contributed by atoms with Crippen molar-refractivity contribution in [1.82, 2.24) is 20.0 Å². The highest BCUT2D eigenvalue weighted by molar-refractivity contribution is 9.10. The van der Waals surface area contributed by atoms with Crippen LogP contribution in [-0.4, -0.2) is 116 Å². The zero-order valence-corrected chi connectivity index (χ0v) is 47.9. The largest absolute Gasteiger partial charge is 0.496 e. The number of carboxylic acid groups (broad SMARTS) is 1. The minimum atomic E-state index is -0.982. The first-order valence-corrected chi connectivity index (χ1v) is 27.5. The normalized spacial score (nSPS) is 19.5. The van der Waals surface area contributed by atoms with Crippen molar-refractivity contribution in [2.24, 2.45) is 17.3 Å². The topological polar surface area (TPSA) is 194 Å². The molecule has 4 aromatic rings. The first-order chi connectivity index (χ1) is 35.7. The highest BCUT2D eigenvalue weighted by atomic mass is 79.9. The summed E-state index contributed by atoms with van der Waals surface area (Å²) in [4.78, 5) is 69.3. The molecule has 1 unspecified atom stereocenters. The number of carbonyl (C=O) groups excluding carboxylic acids is 4. The van der Waals surface area contributed by atoms with Gasteiger partial charge in [-0.05, 0) is 136 Å². The molecule has 0 bridgehead atoms. The van der Waals surface area contributed by atoms with Gasteiger partial charge in [0, 0.05) is 125 Å². The number of hydrogen-bond donors (Lipinski definition) is 6. The first kappa shape index (κ1) is 56.9. The summed E-state index contributed by atoms with van der Waals surface area (Å²) in [6, 6.07) is 19.3. The van der Waals surface area contributed by atoms with E-state index in [1.165, 1.54) is 4.90 Å². The van der Waals surface area contributed by atoms with Crippen LogP contribution >= 0.6 is 31.9 Å². The van der Waals surface area contributed by atoms with Gasteiger partial charge in [0.25, 0.3) is 11.8 Å². The van der Waals surface area contributed by atoms with Gasteiger partial charge in [-0.25, -0.2) is 4.79 Å². The lowest BCUT2D eigenvalue weighted by Crippen LogP contribution is -2.44. The van der Waals surface area contributed by atoms with Crippen molar-refractivity contribution >= 4 is 84.3 Å². The number of ether oxygens (including phenoxy) is 2. The number of anilines is 4. The fourth-order valence-electron chi connectivity index (χ4n) is 10.5. The fourth-order valence-corrected chi connectivity index (χ4v) is 11.7. The third-order valence-electron chi connectivity index (χ3n) is 15.3. The van der Waals surface area contributed by atoms with E-state index in [0.29, 0.717) is 25.2 Å². The molecular formula is C57H74Br2N8O8. The SMILES string of the molecule is CNCCNc1cc(Br)c2c(c1)C(=O)N(C1CCC(C(=O)Nc3ccc(C)c(OC)c3)CC1)C2.COc1cc(NC(=O)C2CCC(N3Cc4c(Br)cc(NC(CN(C)C(=O)O)C(C)(C)C)cc4C3=O)CC2)ccc1C. The van der Waals surface area contributed by atoms with Crippen LogP contribution in [-0.2, 0) is 22.7 Å². The Morgan fingerprint density at radius 3 is 1.53 bits per heavy atom. The summed E-state index contributed by atoms with van der Waals surface area (Å²) in [5.74, 6) is 1.50. The molecule has 0 aromatic heterocycles. The number of nitrogens with one attached hydrogen (secondary N) is 5. The number of halogens is 2. The van der Waals surface area contributed by atoms with Crippen molar-refractivity contribution < 1.29 is 38.6 Å². The average Bonchev–Trinajstić information content (AvgIpc) is 3.90. The predicted octanol–water partition coefficient (Wildman–Crippen LogP) is 10.9. The summed E-state index contributed by atoms with van der Waals surface area (Å²) in [6.45, 7) is 13.2. The summed E-state index contributed by atoms with van der Waals surface area (Å²) in [5.41, 5.74) is 8.47. The van der Waals surface area contributed by atoms with Gasteiger partial charge in [-0.2, -0.15) is 0 Å². The second kappa shape index (κ2) is 24.9. The van der Waals surface area contributed by atoms with E-state index in [2.05, 4.69) is 79.2 Å². The number of amides is 5. The minimum absolute atomic E-state index is 0.000959. The smallest absolute Gasteiger partial charge is 0.407 e. The molecule has 18 heteroatoms. The van der Waals surface area contributed by atoms with E-state index in [1.54, 1.807) is 21.3 Å². The first-order valence-electron chi connectivity index (χ1n) is 26.0. The summed E-state index contributed by atoms with van der Waals surface area (Å²) < 4.78 is 12.6.